The Labute approximate surface area is 290 Å². The molecule has 11 nitrogen and oxygen atoms in total. The maximum absolute atomic E-state index is 13.7. The first-order valence-electron chi connectivity index (χ1n) is 15.2. The van der Waals surface area contributed by atoms with E-state index in [1.165, 1.54) is 9.47 Å². The predicted octanol–water partition coefficient (Wildman–Crippen LogP) is 3.34. The van der Waals surface area contributed by atoms with E-state index in [2.05, 4.69) is 11.0 Å². The van der Waals surface area contributed by atoms with E-state index in [0.717, 1.165) is 80.8 Å². The van der Waals surface area contributed by atoms with Crippen molar-refractivity contribution in [2.45, 2.75) is 44.7 Å². The molecular weight excluding hydrogens is 693 g/mol. The number of rotatable bonds is 6. The molecule has 246 valence electrons. The minimum atomic E-state index is -1.22. The van der Waals surface area contributed by atoms with Crippen molar-refractivity contribution in [1.82, 2.24) is 14.0 Å². The third-order valence-electron chi connectivity index (χ3n) is 8.97. The van der Waals surface area contributed by atoms with Gasteiger partial charge < -0.3 is 19.7 Å². The number of hydrogen-bond acceptors (Lipinski definition) is 10. The lowest BCUT2D eigenvalue weighted by molar-refractivity contribution is -0.137. The van der Waals surface area contributed by atoms with Crippen LogP contribution in [0, 0.1) is 9.20 Å². The number of carboxylic acids is 2. The van der Waals surface area contributed by atoms with Crippen LogP contribution in [0.4, 0.5) is 11.4 Å². The van der Waals surface area contributed by atoms with Gasteiger partial charge in [-0.15, -0.1) is 22.7 Å². The van der Waals surface area contributed by atoms with Crippen LogP contribution >= 0.6 is 46.7 Å². The molecule has 2 N–H and O–H groups in total. The number of benzene rings is 2. The van der Waals surface area contributed by atoms with Gasteiger partial charge in [-0.25, -0.2) is 4.79 Å². The van der Waals surface area contributed by atoms with Crippen molar-refractivity contribution in [2.75, 3.05) is 11.4 Å². The molecule has 4 aromatic rings. The lowest BCUT2D eigenvalue weighted by Crippen LogP contribution is -2.30. The highest BCUT2D eigenvalue weighted by Gasteiger charge is 2.42. The lowest BCUT2D eigenvalue weighted by atomic mass is 9.96. The zero-order valence-electron chi connectivity index (χ0n) is 25.7. The molecule has 1 saturated heterocycles. The third kappa shape index (κ3) is 5.25. The number of carbonyl (C=O) groups is 3. The molecule has 48 heavy (non-hydrogen) atoms. The monoisotopic (exact) mass is 720 g/mol. The number of aromatic carboxylic acids is 1. The number of fused-ring (bicyclic) bond motifs is 3. The van der Waals surface area contributed by atoms with E-state index < -0.39 is 29.6 Å². The molecule has 2 aromatic heterocycles. The largest absolute Gasteiger partial charge is 0.480 e. The number of anilines is 2. The standard InChI is InChI=1S/C33H28N4O7S4/c1-3-35-29(42)26(48-33(35)45)30-34(2)28(41)25(47-30)31-36(15-24(38)39)27(40)23(46-31)14-16-7-12-22-20(13-16)19-5-4-6-21(19)37(22)18-10-8-17(9-11-18)32(43)44/h7-14,19,21H,3-6,15H2,1-2H3,(H,38,39)(H,43,44)/b23-14-,30-26+,31-25+. The molecule has 0 bridgehead atoms. The fraction of sp³-hybridized carbons (Fsp3) is 0.273. The summed E-state index contributed by atoms with van der Waals surface area (Å²) in [7, 11) is 1.54. The fourth-order valence-electron chi connectivity index (χ4n) is 6.77. The van der Waals surface area contributed by atoms with Crippen LogP contribution < -0.4 is 25.2 Å². The van der Waals surface area contributed by atoms with Gasteiger partial charge in [0.05, 0.1) is 10.1 Å². The quantitative estimate of drug-likeness (QED) is 0.285. The Balaban J connectivity index is 1.38. The Bertz CT molecular complexity index is 2410. The SMILES string of the molecule is CCN1C(=O)/C(=c2\s/c(=c3/s/c(=C\c4ccc5c(c4)C4CCCC4N5c4ccc(C(=O)O)cc4)c(=O)n3CC(=O)O)c(=O)n2C)SC1=S. The van der Waals surface area contributed by atoms with E-state index >= 15 is 0 Å². The van der Waals surface area contributed by atoms with Crippen molar-refractivity contribution in [2.24, 2.45) is 7.05 Å². The van der Waals surface area contributed by atoms with Gasteiger partial charge in [-0.1, -0.05) is 36.5 Å². The topological polar surface area (TPSA) is 142 Å². The second-order valence-corrected chi connectivity index (χ2v) is 15.4. The Morgan fingerprint density at radius 3 is 2.42 bits per heavy atom. The molecule has 2 unspecified atom stereocenters. The van der Waals surface area contributed by atoms with Crippen LogP contribution in [0.1, 0.15) is 53.6 Å². The average Bonchev–Trinajstić information content (AvgIpc) is 3.84. The van der Waals surface area contributed by atoms with Crippen LogP contribution in [0.5, 0.6) is 0 Å². The lowest BCUT2D eigenvalue weighted by Gasteiger charge is -2.27. The molecule has 2 fully saturated rings. The van der Waals surface area contributed by atoms with Crippen molar-refractivity contribution in [3.8, 4) is 0 Å². The molecule has 0 spiro atoms. The molecule has 2 aliphatic heterocycles. The highest BCUT2D eigenvalue weighted by Crippen LogP contribution is 2.52. The summed E-state index contributed by atoms with van der Waals surface area (Å²) in [5, 5.41) is 19.0. The molecule has 1 amide bonds. The maximum atomic E-state index is 13.7. The first-order valence-corrected chi connectivity index (χ1v) is 18.0. The summed E-state index contributed by atoms with van der Waals surface area (Å²) in [5.74, 6) is -2.22. The Morgan fingerprint density at radius 2 is 1.75 bits per heavy atom. The second kappa shape index (κ2) is 12.3. The molecule has 0 radical (unpaired) electrons. The number of aromatic nitrogens is 2. The van der Waals surface area contributed by atoms with Gasteiger partial charge in [-0.05, 0) is 73.4 Å². The molecule has 3 aliphatic rings. The summed E-state index contributed by atoms with van der Waals surface area (Å²) in [5.41, 5.74) is 3.13. The molecule has 2 atom stereocenters. The number of thiocarbonyl (C=S) groups is 1. The zero-order chi connectivity index (χ0) is 34.0. The number of carboxylic acid groups (broad SMARTS) is 2. The molecule has 7 rings (SSSR count). The number of thiazole rings is 2. The van der Waals surface area contributed by atoms with Gasteiger partial charge in [-0.3, -0.25) is 28.6 Å². The summed E-state index contributed by atoms with van der Waals surface area (Å²) >= 11 is 8.56. The van der Waals surface area contributed by atoms with E-state index in [9.17, 15) is 34.2 Å². The van der Waals surface area contributed by atoms with Crippen molar-refractivity contribution < 1.29 is 24.6 Å². The van der Waals surface area contributed by atoms with Crippen molar-refractivity contribution in [3.05, 3.63) is 98.3 Å². The van der Waals surface area contributed by atoms with Crippen molar-refractivity contribution in [3.63, 3.8) is 0 Å². The highest BCUT2D eigenvalue weighted by molar-refractivity contribution is 8.30. The van der Waals surface area contributed by atoms with Crippen LogP contribution in [0.25, 0.3) is 11.0 Å². The van der Waals surface area contributed by atoms with Gasteiger partial charge in [0.25, 0.3) is 17.0 Å². The smallest absolute Gasteiger partial charge is 0.335 e. The number of nitrogens with zero attached hydrogens (tertiary/aromatic N) is 4. The number of aliphatic carboxylic acids is 1. The summed E-state index contributed by atoms with van der Waals surface area (Å²) < 4.78 is 3.91. The summed E-state index contributed by atoms with van der Waals surface area (Å²) in [4.78, 5) is 67.6. The van der Waals surface area contributed by atoms with Gasteiger partial charge in [0.15, 0.2) is 0 Å². The minimum Gasteiger partial charge on any atom is -0.480 e. The molecule has 2 aromatic carbocycles. The van der Waals surface area contributed by atoms with E-state index in [-0.39, 0.29) is 37.2 Å². The van der Waals surface area contributed by atoms with Crippen LogP contribution in [0.2, 0.25) is 0 Å². The zero-order valence-corrected chi connectivity index (χ0v) is 28.9. The Hall–Kier alpha value is -4.31. The first-order chi connectivity index (χ1) is 23.0. The normalized spacial score (nSPS) is 20.9. The predicted molar refractivity (Wildman–Crippen MR) is 190 cm³/mol. The molecule has 15 heteroatoms. The first kappa shape index (κ1) is 32.2. The highest BCUT2D eigenvalue weighted by atomic mass is 32.2. The summed E-state index contributed by atoms with van der Waals surface area (Å²) in [6.07, 6.45) is 4.79. The minimum absolute atomic E-state index is 0.171. The fourth-order valence-corrected chi connectivity index (χ4v) is 10.7. The number of hydrogen-bond donors (Lipinski definition) is 2. The van der Waals surface area contributed by atoms with Gasteiger partial charge in [0.2, 0.25) is 0 Å². The summed E-state index contributed by atoms with van der Waals surface area (Å²) in [6, 6.07) is 13.1. The van der Waals surface area contributed by atoms with Crippen LogP contribution in [0.15, 0.2) is 52.1 Å². The van der Waals surface area contributed by atoms with E-state index in [1.54, 1.807) is 25.3 Å². The summed E-state index contributed by atoms with van der Waals surface area (Å²) in [6.45, 7) is 1.58. The van der Waals surface area contributed by atoms with Gasteiger partial charge in [-0.2, -0.15) is 0 Å². The third-order valence-corrected chi connectivity index (χ3v) is 13.0. The van der Waals surface area contributed by atoms with Crippen molar-refractivity contribution >= 4 is 91.2 Å². The number of amides is 1. The number of carbonyl (C=O) groups excluding carboxylic acids is 1. The van der Waals surface area contributed by atoms with E-state index in [0.29, 0.717) is 20.4 Å². The van der Waals surface area contributed by atoms with Gasteiger partial charge in [0, 0.05) is 36.9 Å². The van der Waals surface area contributed by atoms with Crippen LogP contribution in [0.3, 0.4) is 0 Å². The average molecular weight is 721 g/mol. The Morgan fingerprint density at radius 1 is 1.00 bits per heavy atom. The van der Waals surface area contributed by atoms with Gasteiger partial charge in [0.1, 0.15) is 29.6 Å². The molecular formula is C33H28N4O7S4. The van der Waals surface area contributed by atoms with E-state index in [1.807, 2.05) is 31.2 Å². The van der Waals surface area contributed by atoms with Crippen LogP contribution in [-0.2, 0) is 23.2 Å². The van der Waals surface area contributed by atoms with Crippen molar-refractivity contribution in [1.29, 1.82) is 0 Å². The maximum Gasteiger partial charge on any atom is 0.335 e. The molecule has 1 saturated carbocycles. The molecule has 4 heterocycles. The van der Waals surface area contributed by atoms with Gasteiger partial charge >= 0.3 is 11.9 Å². The molecule has 1 aliphatic carbocycles. The second-order valence-electron chi connectivity index (χ2n) is 11.7. The van der Waals surface area contributed by atoms with Crippen LogP contribution in [-0.4, -0.2) is 59.0 Å². The Kier molecular flexibility index (Phi) is 8.26. The number of thioether (sulfide) groups is 1. The van der Waals surface area contributed by atoms with E-state index in [4.69, 9.17) is 12.2 Å².